The molecule has 0 atom stereocenters. The summed E-state index contributed by atoms with van der Waals surface area (Å²) in [4.78, 5) is 2.90. The van der Waals surface area contributed by atoms with Crippen LogP contribution < -0.4 is 0 Å². The highest BCUT2D eigenvalue weighted by atomic mass is 32.2. The maximum absolute atomic E-state index is 13.0. The molecule has 158 valence electrons. The molecule has 2 aromatic rings. The Morgan fingerprint density at radius 1 is 1.07 bits per heavy atom. The standard InChI is InChI=1S/C19H26N4O3S3/c24-29(25,22-9-2-1-3-10-22)17-7-4-6-16(14-17)18-20-23(19(27)26-18)15-21-8-5-12-28-13-11-21/h4,6-7,14H,1-3,5,8-13,15H2. The molecule has 0 amide bonds. The second-order valence-corrected chi connectivity index (χ2v) is 10.9. The Bertz CT molecular complexity index is 988. The van der Waals surface area contributed by atoms with Crippen LogP contribution in [-0.2, 0) is 16.7 Å². The van der Waals surface area contributed by atoms with Crippen LogP contribution in [0.25, 0.3) is 11.5 Å². The minimum absolute atomic E-state index is 0.275. The Morgan fingerprint density at radius 3 is 2.72 bits per heavy atom. The van der Waals surface area contributed by atoms with Crippen LogP contribution in [0.4, 0.5) is 0 Å². The van der Waals surface area contributed by atoms with E-state index >= 15 is 0 Å². The van der Waals surface area contributed by atoms with Gasteiger partial charge in [0.15, 0.2) is 0 Å². The predicted molar refractivity (Wildman–Crippen MR) is 117 cm³/mol. The summed E-state index contributed by atoms with van der Waals surface area (Å²) in [5.74, 6) is 2.65. The third kappa shape index (κ3) is 4.93. The molecule has 29 heavy (non-hydrogen) atoms. The van der Waals surface area contributed by atoms with E-state index in [0.29, 0.717) is 36.0 Å². The van der Waals surface area contributed by atoms with E-state index < -0.39 is 10.0 Å². The molecule has 10 heteroatoms. The molecule has 4 rings (SSSR count). The summed E-state index contributed by atoms with van der Waals surface area (Å²) in [6.07, 6.45) is 4.05. The zero-order valence-electron chi connectivity index (χ0n) is 16.3. The predicted octanol–water partition coefficient (Wildman–Crippen LogP) is 3.44. The summed E-state index contributed by atoms with van der Waals surface area (Å²) in [7, 11) is -3.50. The SMILES string of the molecule is O=S(=O)(c1cccc(-c2nn(CN3CCCSCC3)c(=S)o2)c1)N1CCCCC1. The molecule has 0 radical (unpaired) electrons. The van der Waals surface area contributed by atoms with Crippen molar-refractivity contribution in [3.8, 4) is 11.5 Å². The Morgan fingerprint density at radius 2 is 1.90 bits per heavy atom. The summed E-state index contributed by atoms with van der Waals surface area (Å²) in [6, 6.07) is 6.81. The van der Waals surface area contributed by atoms with Crippen molar-refractivity contribution in [3.63, 3.8) is 0 Å². The molecule has 1 aromatic heterocycles. The van der Waals surface area contributed by atoms with Crippen LogP contribution >= 0.6 is 24.0 Å². The molecular weight excluding hydrogens is 428 g/mol. The van der Waals surface area contributed by atoms with E-state index in [1.165, 1.54) is 5.75 Å². The first kappa shape index (κ1) is 21.0. The maximum Gasteiger partial charge on any atom is 0.288 e. The maximum atomic E-state index is 13.0. The van der Waals surface area contributed by atoms with Gasteiger partial charge in [0, 0.05) is 37.5 Å². The van der Waals surface area contributed by atoms with Crippen LogP contribution in [0, 0.1) is 4.84 Å². The summed E-state index contributed by atoms with van der Waals surface area (Å²) in [5.41, 5.74) is 0.624. The molecule has 0 aliphatic carbocycles. The van der Waals surface area contributed by atoms with E-state index in [1.54, 1.807) is 27.2 Å². The highest BCUT2D eigenvalue weighted by Crippen LogP contribution is 2.25. The Labute approximate surface area is 181 Å². The lowest BCUT2D eigenvalue weighted by Gasteiger charge is -2.25. The number of hydrogen-bond donors (Lipinski definition) is 0. The molecule has 2 saturated heterocycles. The number of thioether (sulfide) groups is 1. The molecular formula is C19H26N4O3S3. The third-order valence-electron chi connectivity index (χ3n) is 5.29. The fourth-order valence-electron chi connectivity index (χ4n) is 3.68. The second-order valence-electron chi connectivity index (χ2n) is 7.39. The van der Waals surface area contributed by atoms with Crippen LogP contribution in [0.2, 0.25) is 0 Å². The van der Waals surface area contributed by atoms with Crippen LogP contribution in [0.1, 0.15) is 25.7 Å². The van der Waals surface area contributed by atoms with Gasteiger partial charge in [-0.2, -0.15) is 16.1 Å². The minimum Gasteiger partial charge on any atom is -0.409 e. The lowest BCUT2D eigenvalue weighted by molar-refractivity contribution is 0.218. The van der Waals surface area contributed by atoms with Crippen LogP contribution in [0.3, 0.4) is 0 Å². The van der Waals surface area contributed by atoms with Gasteiger partial charge in [0.1, 0.15) is 0 Å². The number of hydrogen-bond acceptors (Lipinski definition) is 7. The molecule has 2 fully saturated rings. The lowest BCUT2D eigenvalue weighted by atomic mass is 10.2. The Kier molecular flexibility index (Phi) is 6.75. The highest BCUT2D eigenvalue weighted by molar-refractivity contribution is 7.99. The molecule has 2 aliphatic heterocycles. The molecule has 0 N–H and O–H groups in total. The van der Waals surface area contributed by atoms with Gasteiger partial charge in [0.2, 0.25) is 15.9 Å². The third-order valence-corrected chi connectivity index (χ3v) is 8.53. The van der Waals surface area contributed by atoms with Crippen molar-refractivity contribution in [1.29, 1.82) is 0 Å². The smallest absolute Gasteiger partial charge is 0.288 e. The van der Waals surface area contributed by atoms with Crippen LogP contribution in [0.15, 0.2) is 33.6 Å². The molecule has 0 unspecified atom stereocenters. The van der Waals surface area contributed by atoms with Crippen molar-refractivity contribution >= 4 is 34.0 Å². The molecule has 0 saturated carbocycles. The van der Waals surface area contributed by atoms with Gasteiger partial charge < -0.3 is 4.42 Å². The average molecular weight is 455 g/mol. The van der Waals surface area contributed by atoms with Gasteiger partial charge in [0.25, 0.3) is 4.84 Å². The van der Waals surface area contributed by atoms with E-state index in [2.05, 4.69) is 10.00 Å². The van der Waals surface area contributed by atoms with Gasteiger partial charge >= 0.3 is 0 Å². The molecule has 0 spiro atoms. The summed E-state index contributed by atoms with van der Waals surface area (Å²) in [6.45, 7) is 3.76. The number of benzene rings is 1. The normalized spacial score (nSPS) is 19.9. The minimum atomic E-state index is -3.50. The lowest BCUT2D eigenvalue weighted by Crippen LogP contribution is -2.35. The first-order valence-electron chi connectivity index (χ1n) is 10.0. The number of aromatic nitrogens is 2. The first-order valence-corrected chi connectivity index (χ1v) is 13.0. The quantitative estimate of drug-likeness (QED) is 0.641. The van der Waals surface area contributed by atoms with Gasteiger partial charge in [-0.1, -0.05) is 12.5 Å². The number of piperidine rings is 1. The zero-order chi connectivity index (χ0) is 20.3. The Hall–Kier alpha value is -1.20. The van der Waals surface area contributed by atoms with Crippen molar-refractivity contribution in [3.05, 3.63) is 29.1 Å². The molecule has 0 bridgehead atoms. The molecule has 2 aliphatic rings. The van der Waals surface area contributed by atoms with E-state index in [4.69, 9.17) is 16.6 Å². The van der Waals surface area contributed by atoms with E-state index in [1.807, 2.05) is 17.8 Å². The van der Waals surface area contributed by atoms with Gasteiger partial charge in [-0.15, -0.1) is 5.10 Å². The van der Waals surface area contributed by atoms with E-state index in [0.717, 1.165) is 44.5 Å². The second kappa shape index (κ2) is 9.30. The van der Waals surface area contributed by atoms with Gasteiger partial charge in [-0.05, 0) is 55.4 Å². The van der Waals surface area contributed by atoms with Crippen molar-refractivity contribution in [2.24, 2.45) is 0 Å². The van der Waals surface area contributed by atoms with E-state index in [-0.39, 0.29) is 4.90 Å². The highest BCUT2D eigenvalue weighted by Gasteiger charge is 2.26. The monoisotopic (exact) mass is 454 g/mol. The fraction of sp³-hybridized carbons (Fsp3) is 0.579. The number of sulfonamides is 1. The summed E-state index contributed by atoms with van der Waals surface area (Å²) in [5, 5.41) is 4.53. The molecule has 1 aromatic carbocycles. The average Bonchev–Trinajstić information content (AvgIpc) is 2.93. The zero-order valence-corrected chi connectivity index (χ0v) is 18.8. The van der Waals surface area contributed by atoms with Gasteiger partial charge in [-0.25, -0.2) is 13.1 Å². The summed E-state index contributed by atoms with van der Waals surface area (Å²) < 4.78 is 34.9. The molecule has 3 heterocycles. The summed E-state index contributed by atoms with van der Waals surface area (Å²) >= 11 is 7.33. The number of nitrogens with zero attached hydrogens (tertiary/aromatic N) is 4. The molecule has 7 nitrogen and oxygen atoms in total. The fourth-order valence-corrected chi connectivity index (χ4v) is 6.35. The van der Waals surface area contributed by atoms with Gasteiger partial charge in [-0.3, -0.25) is 4.90 Å². The number of rotatable bonds is 5. The topological polar surface area (TPSA) is 71.6 Å². The Balaban J connectivity index is 1.56. The van der Waals surface area contributed by atoms with Crippen molar-refractivity contribution in [2.45, 2.75) is 37.2 Å². The largest absolute Gasteiger partial charge is 0.409 e. The van der Waals surface area contributed by atoms with Crippen LogP contribution in [0.5, 0.6) is 0 Å². The van der Waals surface area contributed by atoms with Crippen molar-refractivity contribution < 1.29 is 12.8 Å². The van der Waals surface area contributed by atoms with Crippen molar-refractivity contribution in [2.75, 3.05) is 37.7 Å². The van der Waals surface area contributed by atoms with Crippen LogP contribution in [-0.4, -0.2) is 65.1 Å². The van der Waals surface area contributed by atoms with Gasteiger partial charge in [0.05, 0.1) is 11.6 Å². The van der Waals surface area contributed by atoms with Crippen molar-refractivity contribution in [1.82, 2.24) is 19.0 Å². The first-order chi connectivity index (χ1) is 14.0. The van der Waals surface area contributed by atoms with E-state index in [9.17, 15) is 8.42 Å².